The Morgan fingerprint density at radius 1 is 0.413 bits per heavy atom. The monoisotopic (exact) mass is 894 g/mol. The van der Waals surface area contributed by atoms with Gasteiger partial charge in [0.2, 0.25) is 0 Å². The van der Waals surface area contributed by atoms with E-state index < -0.39 is 18.1 Å². The maximum Gasteiger partial charge on any atom is 0.306 e. The highest BCUT2D eigenvalue weighted by Crippen LogP contribution is 2.18. The molecule has 0 N–H and O–H groups in total. The number of carbonyl (C=O) groups excluding carboxylic acids is 3. The number of carboxylic acid groups (broad SMARTS) is 1. The van der Waals surface area contributed by atoms with Gasteiger partial charge in [-0.3, -0.25) is 9.59 Å². The van der Waals surface area contributed by atoms with E-state index in [1.165, 1.54) is 212 Å². The SMILES string of the molecule is CCCCCCCCCCCCCCCCCCCCCCCCCCC(=O)OC(COCCC(C(=O)[O-])[N+](C)(C)C)COC(=O)CCCCCCCCCCCCCCCCC. The molecule has 0 amide bonds. The number of esters is 2. The molecule has 0 spiro atoms. The van der Waals surface area contributed by atoms with Gasteiger partial charge in [-0.25, -0.2) is 0 Å². The maximum absolute atomic E-state index is 12.8. The van der Waals surface area contributed by atoms with Crippen LogP contribution in [0.2, 0.25) is 0 Å². The quantitative estimate of drug-likeness (QED) is 0.0340. The fourth-order valence-corrected chi connectivity index (χ4v) is 8.72. The summed E-state index contributed by atoms with van der Waals surface area (Å²) >= 11 is 0. The number of hydrogen-bond acceptors (Lipinski definition) is 7. The van der Waals surface area contributed by atoms with Crippen molar-refractivity contribution in [1.82, 2.24) is 0 Å². The Morgan fingerprint density at radius 2 is 0.698 bits per heavy atom. The van der Waals surface area contributed by atoms with Crippen molar-refractivity contribution in [2.45, 2.75) is 296 Å². The summed E-state index contributed by atoms with van der Waals surface area (Å²) in [6, 6.07) is -0.720. The molecule has 0 aromatic heterocycles. The molecular formula is C55H107NO7. The fourth-order valence-electron chi connectivity index (χ4n) is 8.72. The third kappa shape index (κ3) is 45.3. The lowest BCUT2D eigenvalue weighted by atomic mass is 10.0. The third-order valence-electron chi connectivity index (χ3n) is 13.0. The molecule has 0 aliphatic heterocycles. The van der Waals surface area contributed by atoms with Gasteiger partial charge in [0, 0.05) is 19.3 Å². The van der Waals surface area contributed by atoms with Crippen LogP contribution in [0.3, 0.4) is 0 Å². The standard InChI is InChI=1S/C55H107NO7/c1-6-8-10-12-14-16-18-20-22-23-24-25-26-27-28-29-30-32-34-36-38-40-42-44-46-54(58)63-51(49-61-48-47-52(55(59)60)56(3,4)5)50-62-53(57)45-43-41-39-37-35-33-31-21-19-17-15-13-11-9-7-2/h51-52H,6-50H2,1-5H3. The lowest BCUT2D eigenvalue weighted by Gasteiger charge is -2.34. The zero-order chi connectivity index (χ0) is 46.3. The van der Waals surface area contributed by atoms with E-state index in [4.69, 9.17) is 14.2 Å². The van der Waals surface area contributed by atoms with Crippen molar-refractivity contribution < 1.29 is 38.2 Å². The van der Waals surface area contributed by atoms with Crippen molar-refractivity contribution in [1.29, 1.82) is 0 Å². The number of aliphatic carboxylic acids is 1. The molecule has 0 bridgehead atoms. The first kappa shape index (κ1) is 61.3. The van der Waals surface area contributed by atoms with Gasteiger partial charge < -0.3 is 28.6 Å². The molecule has 0 aliphatic rings. The predicted octanol–water partition coefficient (Wildman–Crippen LogP) is 14.7. The summed E-state index contributed by atoms with van der Waals surface area (Å²) in [5.74, 6) is -1.70. The van der Waals surface area contributed by atoms with Gasteiger partial charge >= 0.3 is 11.9 Å². The van der Waals surface area contributed by atoms with Gasteiger partial charge in [0.1, 0.15) is 12.6 Å². The second-order valence-corrected chi connectivity index (χ2v) is 20.2. The number of likely N-dealkylation sites (N-methyl/N-ethyl adjacent to an activating group) is 1. The molecule has 0 aromatic rings. The highest BCUT2D eigenvalue weighted by atomic mass is 16.6. The number of ether oxygens (including phenoxy) is 3. The van der Waals surface area contributed by atoms with E-state index in [2.05, 4.69) is 13.8 Å². The molecule has 2 atom stereocenters. The van der Waals surface area contributed by atoms with Gasteiger partial charge in [-0.15, -0.1) is 0 Å². The van der Waals surface area contributed by atoms with Crippen molar-refractivity contribution in [3.63, 3.8) is 0 Å². The molecule has 0 saturated carbocycles. The van der Waals surface area contributed by atoms with Crippen LogP contribution in [0.1, 0.15) is 284 Å². The van der Waals surface area contributed by atoms with Crippen molar-refractivity contribution in [3.05, 3.63) is 0 Å². The van der Waals surface area contributed by atoms with E-state index in [0.29, 0.717) is 12.8 Å². The summed E-state index contributed by atoms with van der Waals surface area (Å²) in [4.78, 5) is 37.1. The molecule has 2 unspecified atom stereocenters. The predicted molar refractivity (Wildman–Crippen MR) is 264 cm³/mol. The van der Waals surface area contributed by atoms with E-state index >= 15 is 0 Å². The Bertz CT molecular complexity index is 998. The molecule has 63 heavy (non-hydrogen) atoms. The number of hydrogen-bond donors (Lipinski definition) is 0. The van der Waals surface area contributed by atoms with Gasteiger partial charge in [-0.1, -0.05) is 251 Å². The maximum atomic E-state index is 12.8. The largest absolute Gasteiger partial charge is 0.544 e. The van der Waals surface area contributed by atoms with Crippen molar-refractivity contribution >= 4 is 17.9 Å². The number of quaternary nitrogens is 1. The number of rotatable bonds is 51. The number of nitrogens with zero attached hydrogens (tertiary/aromatic N) is 1. The first-order chi connectivity index (χ1) is 30.6. The second-order valence-electron chi connectivity index (χ2n) is 20.2. The van der Waals surface area contributed by atoms with Gasteiger partial charge in [0.05, 0.1) is 40.3 Å². The van der Waals surface area contributed by atoms with Gasteiger partial charge in [0.25, 0.3) is 0 Å². The van der Waals surface area contributed by atoms with E-state index in [1.54, 1.807) is 0 Å². The van der Waals surface area contributed by atoms with Crippen LogP contribution in [0.5, 0.6) is 0 Å². The molecule has 0 rings (SSSR count). The Labute approximate surface area is 391 Å². The molecule has 8 heteroatoms. The molecule has 374 valence electrons. The second kappa shape index (κ2) is 46.8. The molecule has 0 saturated heterocycles. The Balaban J connectivity index is 4.10. The lowest BCUT2D eigenvalue weighted by Crippen LogP contribution is -2.55. The van der Waals surface area contributed by atoms with E-state index in [1.807, 2.05) is 21.1 Å². The average Bonchev–Trinajstić information content (AvgIpc) is 3.24. The summed E-state index contributed by atoms with van der Waals surface area (Å²) in [6.45, 7) is 4.73. The Kier molecular flexibility index (Phi) is 45.6. The molecule has 0 aromatic carbocycles. The summed E-state index contributed by atoms with van der Waals surface area (Å²) in [7, 11) is 5.43. The normalized spacial score (nSPS) is 12.7. The highest BCUT2D eigenvalue weighted by Gasteiger charge is 2.25. The number of carboxylic acids is 1. The Morgan fingerprint density at radius 3 is 0.984 bits per heavy atom. The fraction of sp³-hybridized carbons (Fsp3) is 0.945. The van der Waals surface area contributed by atoms with Crippen LogP contribution in [-0.2, 0) is 28.6 Å². The zero-order valence-electron chi connectivity index (χ0n) is 42.8. The van der Waals surface area contributed by atoms with Crippen LogP contribution in [0, 0.1) is 0 Å². The average molecular weight is 894 g/mol. The smallest absolute Gasteiger partial charge is 0.306 e. The lowest BCUT2D eigenvalue weighted by molar-refractivity contribution is -0.889. The molecular weight excluding hydrogens is 787 g/mol. The van der Waals surface area contributed by atoms with Gasteiger partial charge in [-0.05, 0) is 12.8 Å². The highest BCUT2D eigenvalue weighted by molar-refractivity contribution is 5.70. The first-order valence-electron chi connectivity index (χ1n) is 27.6. The zero-order valence-corrected chi connectivity index (χ0v) is 42.8. The minimum atomic E-state index is -1.12. The molecule has 8 nitrogen and oxygen atoms in total. The minimum Gasteiger partial charge on any atom is -0.544 e. The van der Waals surface area contributed by atoms with E-state index in [-0.39, 0.29) is 42.7 Å². The number of carbonyl (C=O) groups is 3. The molecule has 0 heterocycles. The summed E-state index contributed by atoms with van der Waals surface area (Å²) in [6.07, 6.45) is 51.4. The van der Waals surface area contributed by atoms with Crippen LogP contribution in [-0.4, -0.2) is 75.5 Å². The molecule has 0 aliphatic carbocycles. The van der Waals surface area contributed by atoms with E-state index in [9.17, 15) is 19.5 Å². The van der Waals surface area contributed by atoms with Gasteiger partial charge in [-0.2, -0.15) is 0 Å². The van der Waals surface area contributed by atoms with Crippen LogP contribution in [0.15, 0.2) is 0 Å². The summed E-state index contributed by atoms with van der Waals surface area (Å²) < 4.78 is 17.3. The Hall–Kier alpha value is -1.67. The van der Waals surface area contributed by atoms with Crippen molar-refractivity contribution in [2.24, 2.45) is 0 Å². The molecule has 0 fully saturated rings. The first-order valence-corrected chi connectivity index (χ1v) is 27.6. The van der Waals surface area contributed by atoms with Crippen LogP contribution >= 0.6 is 0 Å². The van der Waals surface area contributed by atoms with Crippen molar-refractivity contribution in [2.75, 3.05) is 41.0 Å². The topological polar surface area (TPSA) is 102 Å². The summed E-state index contributed by atoms with van der Waals surface area (Å²) in [5.41, 5.74) is 0. The van der Waals surface area contributed by atoms with Crippen LogP contribution in [0.4, 0.5) is 0 Å². The third-order valence-corrected chi connectivity index (χ3v) is 13.0. The van der Waals surface area contributed by atoms with Crippen molar-refractivity contribution in [3.8, 4) is 0 Å². The van der Waals surface area contributed by atoms with Crippen LogP contribution < -0.4 is 5.11 Å². The van der Waals surface area contributed by atoms with Crippen LogP contribution in [0.25, 0.3) is 0 Å². The van der Waals surface area contributed by atoms with Gasteiger partial charge in [0.15, 0.2) is 6.10 Å². The summed E-state index contributed by atoms with van der Waals surface area (Å²) in [5, 5.41) is 11.7. The number of unbranched alkanes of at least 4 members (excludes halogenated alkanes) is 37. The van der Waals surface area contributed by atoms with E-state index in [0.717, 1.165) is 38.5 Å². The minimum absolute atomic E-state index is 0.0499. The molecule has 0 radical (unpaired) electrons.